The zero-order valence-electron chi connectivity index (χ0n) is 11.2. The third-order valence-electron chi connectivity index (χ3n) is 2.07. The molecule has 0 aliphatic heterocycles. The second-order valence-corrected chi connectivity index (χ2v) is 3.02. The van der Waals surface area contributed by atoms with Crippen molar-refractivity contribution >= 4 is 0 Å². The zero-order chi connectivity index (χ0) is 11.7. The predicted molar refractivity (Wildman–Crippen MR) is 81.5 cm³/mol. The summed E-state index contributed by atoms with van der Waals surface area (Å²) in [6.07, 6.45) is 0. The lowest BCUT2D eigenvalue weighted by molar-refractivity contribution is 1.23. The molecule has 0 unspecified atom stereocenters. The van der Waals surface area contributed by atoms with E-state index in [4.69, 9.17) is 0 Å². The first kappa shape index (κ1) is 24.4. The fourth-order valence-electron chi connectivity index (χ4n) is 1.25. The van der Waals surface area contributed by atoms with Gasteiger partial charge in [0, 0.05) is 0 Å². The Balaban J connectivity index is -0.000000109. The largest absolute Gasteiger partial charge is 0.0776 e. The molecular weight excluding hydrogens is 192 g/mol. The Labute approximate surface area is 105 Å². The van der Waals surface area contributed by atoms with Crippen LogP contribution in [0.15, 0.2) is 12.1 Å². The van der Waals surface area contributed by atoms with Gasteiger partial charge in [-0.25, -0.2) is 0 Å². The fraction of sp³-hybridized carbons (Fsp3) is 0.625. The van der Waals surface area contributed by atoms with Gasteiger partial charge < -0.3 is 0 Å². The molecule has 0 spiro atoms. The minimum Gasteiger partial charge on any atom is -0.0776 e. The van der Waals surface area contributed by atoms with Crippen LogP contribution in [-0.2, 0) is 0 Å². The van der Waals surface area contributed by atoms with Crippen molar-refractivity contribution in [3.63, 3.8) is 0 Å². The topological polar surface area (TPSA) is 0 Å². The molecule has 1 rings (SSSR count). The summed E-state index contributed by atoms with van der Waals surface area (Å²) in [6.45, 7) is 16.6. The van der Waals surface area contributed by atoms with E-state index in [9.17, 15) is 0 Å². The minimum absolute atomic E-state index is 0. The molecule has 0 aromatic heterocycles. The summed E-state index contributed by atoms with van der Waals surface area (Å²) in [5.41, 5.74) is 5.58. The molecule has 0 saturated heterocycles. The predicted octanol–water partition coefficient (Wildman–Crippen LogP) is 6.24. The van der Waals surface area contributed by atoms with Gasteiger partial charge in [0.15, 0.2) is 0 Å². The van der Waals surface area contributed by atoms with Crippen molar-refractivity contribution in [2.75, 3.05) is 0 Å². The summed E-state index contributed by atoms with van der Waals surface area (Å²) in [7, 11) is 0. The van der Waals surface area contributed by atoms with Gasteiger partial charge in [-0.3, -0.25) is 0 Å². The highest BCUT2D eigenvalue weighted by atomic mass is 14.0. The highest BCUT2D eigenvalue weighted by molar-refractivity contribution is 5.35. The lowest BCUT2D eigenvalue weighted by Gasteiger charge is -2.04. The van der Waals surface area contributed by atoms with Crippen molar-refractivity contribution in [1.82, 2.24) is 0 Å². The van der Waals surface area contributed by atoms with Gasteiger partial charge in [-0.15, -0.1) is 0 Å². The number of benzene rings is 1. The number of hydrogen-bond donors (Lipinski definition) is 0. The van der Waals surface area contributed by atoms with E-state index in [2.05, 4.69) is 39.8 Å². The molecular formula is C16H34. The monoisotopic (exact) mass is 226 g/mol. The highest BCUT2D eigenvalue weighted by Crippen LogP contribution is 2.13. The Hall–Kier alpha value is -0.780. The van der Waals surface area contributed by atoms with Crippen LogP contribution in [-0.4, -0.2) is 0 Å². The van der Waals surface area contributed by atoms with E-state index < -0.39 is 0 Å². The van der Waals surface area contributed by atoms with Crippen LogP contribution in [0, 0.1) is 27.7 Å². The lowest BCUT2D eigenvalue weighted by Crippen LogP contribution is -1.86. The molecule has 0 amide bonds. The van der Waals surface area contributed by atoms with Crippen molar-refractivity contribution in [1.29, 1.82) is 0 Å². The van der Waals surface area contributed by atoms with Crippen LogP contribution in [0.2, 0.25) is 0 Å². The Morgan fingerprint density at radius 2 is 0.875 bits per heavy atom. The molecule has 0 heteroatoms. The van der Waals surface area contributed by atoms with Gasteiger partial charge in [-0.2, -0.15) is 0 Å². The van der Waals surface area contributed by atoms with Gasteiger partial charge in [0.1, 0.15) is 0 Å². The van der Waals surface area contributed by atoms with Crippen LogP contribution >= 0.6 is 0 Å². The van der Waals surface area contributed by atoms with Crippen LogP contribution < -0.4 is 0 Å². The van der Waals surface area contributed by atoms with Gasteiger partial charge in [0.05, 0.1) is 0 Å². The molecule has 98 valence electrons. The molecule has 1 aromatic rings. The Kier molecular flexibility index (Phi) is 21.7. The van der Waals surface area contributed by atoms with Crippen LogP contribution in [0.25, 0.3) is 0 Å². The average Bonchev–Trinajstić information content (AvgIpc) is 2.20. The molecule has 0 radical (unpaired) electrons. The standard InChI is InChI=1S/C10H14.2C2H6.2CH4/c1-7-5-8(2)10(4)9(3)6-7;2*1-2;;/h5-6H,1-4H3;2*1-2H3;2*1H4. The van der Waals surface area contributed by atoms with Gasteiger partial charge in [-0.1, -0.05) is 60.2 Å². The number of rotatable bonds is 0. The van der Waals surface area contributed by atoms with Crippen LogP contribution in [0.5, 0.6) is 0 Å². The van der Waals surface area contributed by atoms with Crippen molar-refractivity contribution in [2.45, 2.75) is 70.2 Å². The van der Waals surface area contributed by atoms with E-state index in [1.54, 1.807) is 0 Å². The zero-order valence-corrected chi connectivity index (χ0v) is 11.2. The maximum absolute atomic E-state index is 2.22. The van der Waals surface area contributed by atoms with Crippen molar-refractivity contribution in [2.24, 2.45) is 0 Å². The Bertz CT molecular complexity index is 223. The third kappa shape index (κ3) is 8.52. The summed E-state index contributed by atoms with van der Waals surface area (Å²) >= 11 is 0. The molecule has 0 N–H and O–H groups in total. The molecule has 1 aromatic carbocycles. The van der Waals surface area contributed by atoms with Crippen LogP contribution in [0.3, 0.4) is 0 Å². The van der Waals surface area contributed by atoms with Crippen molar-refractivity contribution < 1.29 is 0 Å². The molecule has 0 nitrogen and oxygen atoms in total. The van der Waals surface area contributed by atoms with Gasteiger partial charge >= 0.3 is 0 Å². The maximum Gasteiger partial charge on any atom is -0.0392 e. The lowest BCUT2D eigenvalue weighted by atomic mass is 10.0. The summed E-state index contributed by atoms with van der Waals surface area (Å²) in [5.74, 6) is 0. The van der Waals surface area contributed by atoms with E-state index in [1.165, 1.54) is 22.3 Å². The maximum atomic E-state index is 2.22. The summed E-state index contributed by atoms with van der Waals surface area (Å²) in [5, 5.41) is 0. The smallest absolute Gasteiger partial charge is 0.0392 e. The SMILES string of the molecule is C.C.CC.CC.Cc1cc(C)c(C)c(C)c1. The second kappa shape index (κ2) is 14.2. The summed E-state index contributed by atoms with van der Waals surface area (Å²) in [4.78, 5) is 0. The first-order valence-electron chi connectivity index (χ1n) is 5.65. The second-order valence-electron chi connectivity index (χ2n) is 3.02. The van der Waals surface area contributed by atoms with Crippen LogP contribution in [0.1, 0.15) is 64.8 Å². The molecule has 0 heterocycles. The first-order chi connectivity index (χ1) is 6.61. The van der Waals surface area contributed by atoms with Crippen molar-refractivity contribution in [3.05, 3.63) is 34.4 Å². The van der Waals surface area contributed by atoms with E-state index in [0.29, 0.717) is 0 Å². The Morgan fingerprint density at radius 3 is 1.12 bits per heavy atom. The molecule has 0 bridgehead atoms. The summed E-state index contributed by atoms with van der Waals surface area (Å²) in [6, 6.07) is 4.45. The molecule has 0 aliphatic rings. The molecule has 16 heavy (non-hydrogen) atoms. The van der Waals surface area contributed by atoms with Gasteiger partial charge in [-0.05, 0) is 44.4 Å². The van der Waals surface area contributed by atoms with Crippen LogP contribution in [0.4, 0.5) is 0 Å². The van der Waals surface area contributed by atoms with E-state index in [-0.39, 0.29) is 14.9 Å². The third-order valence-corrected chi connectivity index (χ3v) is 2.07. The minimum atomic E-state index is 0. The number of aryl methyl sites for hydroxylation is 3. The van der Waals surface area contributed by atoms with E-state index >= 15 is 0 Å². The Morgan fingerprint density at radius 1 is 0.625 bits per heavy atom. The first-order valence-corrected chi connectivity index (χ1v) is 5.65. The summed E-state index contributed by atoms with van der Waals surface area (Å²) < 4.78 is 0. The molecule has 0 aliphatic carbocycles. The van der Waals surface area contributed by atoms with E-state index in [1.807, 2.05) is 27.7 Å². The average molecular weight is 226 g/mol. The number of hydrogen-bond acceptors (Lipinski definition) is 0. The molecule has 0 fully saturated rings. The quantitative estimate of drug-likeness (QED) is 0.491. The molecule has 0 atom stereocenters. The van der Waals surface area contributed by atoms with Crippen molar-refractivity contribution in [3.8, 4) is 0 Å². The fourth-order valence-corrected chi connectivity index (χ4v) is 1.25. The normalized spacial score (nSPS) is 7.00. The van der Waals surface area contributed by atoms with Gasteiger partial charge in [0.25, 0.3) is 0 Å². The van der Waals surface area contributed by atoms with E-state index in [0.717, 1.165) is 0 Å². The highest BCUT2D eigenvalue weighted by Gasteiger charge is 1.95. The van der Waals surface area contributed by atoms with Gasteiger partial charge in [0.2, 0.25) is 0 Å². The molecule has 0 saturated carbocycles.